The van der Waals surface area contributed by atoms with Crippen molar-refractivity contribution in [2.45, 2.75) is 48.4 Å². The van der Waals surface area contributed by atoms with Gasteiger partial charge in [0.2, 0.25) is 9.84 Å². The molecule has 0 saturated heterocycles. The predicted molar refractivity (Wildman–Crippen MR) is 75.2 cm³/mol. The van der Waals surface area contributed by atoms with Crippen LogP contribution in [0.1, 0.15) is 35.4 Å². The van der Waals surface area contributed by atoms with Crippen molar-refractivity contribution >= 4 is 27.1 Å². The van der Waals surface area contributed by atoms with Gasteiger partial charge >= 0.3 is 5.76 Å². The molecule has 1 aliphatic rings. The van der Waals surface area contributed by atoms with Gasteiger partial charge in [0.25, 0.3) is 5.91 Å². The molecule has 0 bridgehead atoms. The first-order valence-electron chi connectivity index (χ1n) is 6.48. The number of nitrogens with two attached hydrogens (primary N) is 1. The fourth-order valence-corrected chi connectivity index (χ4v) is 4.37. The number of nitrogens with one attached hydrogen (secondary N) is 1. The first-order chi connectivity index (χ1) is 9.82. The van der Waals surface area contributed by atoms with Crippen LogP contribution in [0.3, 0.4) is 0 Å². The van der Waals surface area contributed by atoms with E-state index in [2.05, 4.69) is 5.32 Å². The Bertz CT molecular complexity index is 608. The molecule has 0 atom stereocenters. The maximum atomic E-state index is 12.6. The average molecular weight is 338 g/mol. The number of halogens is 2. The quantitative estimate of drug-likeness (QED) is 0.875. The van der Waals surface area contributed by atoms with Crippen LogP contribution in [0.5, 0.6) is 0 Å². The van der Waals surface area contributed by atoms with E-state index in [0.29, 0.717) is 12.8 Å². The highest BCUT2D eigenvalue weighted by Crippen LogP contribution is 2.27. The smallest absolute Gasteiger partial charge is 0.341 e. The molecule has 1 amide bonds. The lowest BCUT2D eigenvalue weighted by molar-refractivity contribution is 0.0927. The topological polar surface area (TPSA) is 89.3 Å². The van der Waals surface area contributed by atoms with E-state index in [-0.39, 0.29) is 17.0 Å². The SMILES string of the molecule is NC1CCC(NC(=O)c2sccc2S(=O)(=O)C(F)F)CC1. The second kappa shape index (κ2) is 6.37. The molecule has 2 rings (SSSR count). The van der Waals surface area contributed by atoms with Crippen LogP contribution >= 0.6 is 11.3 Å². The van der Waals surface area contributed by atoms with Crippen LogP contribution in [0.15, 0.2) is 16.3 Å². The summed E-state index contributed by atoms with van der Waals surface area (Å²) in [5.41, 5.74) is 5.76. The van der Waals surface area contributed by atoms with E-state index < -0.39 is 26.4 Å². The molecule has 0 aromatic carbocycles. The Kier molecular flexibility index (Phi) is 4.95. The third-order valence-electron chi connectivity index (χ3n) is 3.48. The fraction of sp³-hybridized carbons (Fsp3) is 0.583. The molecule has 0 spiro atoms. The Morgan fingerprint density at radius 2 is 1.95 bits per heavy atom. The zero-order valence-corrected chi connectivity index (χ0v) is 12.7. The lowest BCUT2D eigenvalue weighted by Crippen LogP contribution is -2.40. The summed E-state index contributed by atoms with van der Waals surface area (Å²) in [5, 5.41) is 4.02. The van der Waals surface area contributed by atoms with E-state index in [4.69, 9.17) is 5.73 Å². The average Bonchev–Trinajstić information content (AvgIpc) is 2.91. The van der Waals surface area contributed by atoms with Gasteiger partial charge in [-0.25, -0.2) is 8.42 Å². The van der Waals surface area contributed by atoms with Crippen LogP contribution in [0.2, 0.25) is 0 Å². The van der Waals surface area contributed by atoms with Crippen LogP contribution < -0.4 is 11.1 Å². The standard InChI is InChI=1S/C12H16F2N2O3S2/c13-12(14)21(18,19)9-5-6-20-10(9)11(17)16-8-3-1-7(15)2-4-8/h5-8,12H,1-4,15H2,(H,16,17). The first kappa shape index (κ1) is 16.3. The molecule has 21 heavy (non-hydrogen) atoms. The molecule has 1 fully saturated rings. The van der Waals surface area contributed by atoms with Crippen LogP contribution in [0.4, 0.5) is 8.78 Å². The largest absolute Gasteiger partial charge is 0.349 e. The van der Waals surface area contributed by atoms with Crippen molar-refractivity contribution < 1.29 is 22.0 Å². The van der Waals surface area contributed by atoms with E-state index in [1.807, 2.05) is 0 Å². The maximum absolute atomic E-state index is 12.6. The molecule has 1 aliphatic carbocycles. The monoisotopic (exact) mass is 338 g/mol. The summed E-state index contributed by atoms with van der Waals surface area (Å²) in [6.07, 6.45) is 2.96. The van der Waals surface area contributed by atoms with Gasteiger partial charge in [0.15, 0.2) is 0 Å². The van der Waals surface area contributed by atoms with E-state index in [1.54, 1.807) is 0 Å². The number of rotatable bonds is 4. The summed E-state index contributed by atoms with van der Waals surface area (Å²) in [7, 11) is -4.76. The molecule has 1 saturated carbocycles. The van der Waals surface area contributed by atoms with Crippen molar-refractivity contribution in [3.05, 3.63) is 16.3 Å². The van der Waals surface area contributed by atoms with Crippen molar-refractivity contribution in [2.24, 2.45) is 5.73 Å². The van der Waals surface area contributed by atoms with Crippen molar-refractivity contribution in [3.8, 4) is 0 Å². The number of alkyl halides is 2. The second-order valence-electron chi connectivity index (χ2n) is 5.00. The summed E-state index contributed by atoms with van der Waals surface area (Å²) in [5.74, 6) is -4.16. The Morgan fingerprint density at radius 1 is 1.33 bits per heavy atom. The molecule has 118 valence electrons. The third kappa shape index (κ3) is 3.58. The van der Waals surface area contributed by atoms with Crippen molar-refractivity contribution in [2.75, 3.05) is 0 Å². The van der Waals surface area contributed by atoms with Gasteiger partial charge in [-0.1, -0.05) is 0 Å². The van der Waals surface area contributed by atoms with E-state index in [1.165, 1.54) is 5.38 Å². The van der Waals surface area contributed by atoms with Gasteiger partial charge < -0.3 is 11.1 Å². The van der Waals surface area contributed by atoms with Crippen LogP contribution in [-0.4, -0.2) is 32.2 Å². The normalized spacial score (nSPS) is 23.2. The minimum absolute atomic E-state index is 0.0958. The summed E-state index contributed by atoms with van der Waals surface area (Å²) in [6, 6.07) is 1.06. The molecule has 0 radical (unpaired) electrons. The maximum Gasteiger partial charge on any atom is 0.341 e. The third-order valence-corrected chi connectivity index (χ3v) is 5.95. The molecule has 3 N–H and O–H groups in total. The molecule has 1 heterocycles. The lowest BCUT2D eigenvalue weighted by Gasteiger charge is -2.26. The molecule has 0 aliphatic heterocycles. The van der Waals surface area contributed by atoms with Crippen LogP contribution in [0, 0.1) is 0 Å². The van der Waals surface area contributed by atoms with Crippen LogP contribution in [0.25, 0.3) is 0 Å². The molecule has 1 aromatic heterocycles. The van der Waals surface area contributed by atoms with Crippen LogP contribution in [-0.2, 0) is 9.84 Å². The number of carbonyl (C=O) groups is 1. The number of hydrogen-bond donors (Lipinski definition) is 2. The Hall–Kier alpha value is -1.06. The predicted octanol–water partition coefficient (Wildman–Crippen LogP) is 1.74. The van der Waals surface area contributed by atoms with E-state index in [9.17, 15) is 22.0 Å². The molecule has 1 aromatic rings. The Labute approximate surface area is 125 Å². The highest BCUT2D eigenvalue weighted by Gasteiger charge is 2.32. The number of amides is 1. The second-order valence-corrected chi connectivity index (χ2v) is 7.81. The number of thiophene rings is 1. The Morgan fingerprint density at radius 3 is 2.52 bits per heavy atom. The lowest BCUT2D eigenvalue weighted by atomic mass is 9.92. The molecule has 5 nitrogen and oxygen atoms in total. The number of sulfone groups is 1. The highest BCUT2D eigenvalue weighted by molar-refractivity contribution is 7.92. The minimum Gasteiger partial charge on any atom is -0.349 e. The van der Waals surface area contributed by atoms with Gasteiger partial charge in [-0.3, -0.25) is 4.79 Å². The summed E-state index contributed by atoms with van der Waals surface area (Å²) in [6.45, 7) is 0. The number of hydrogen-bond acceptors (Lipinski definition) is 5. The minimum atomic E-state index is -4.76. The molecule has 0 unspecified atom stereocenters. The van der Waals surface area contributed by atoms with Crippen molar-refractivity contribution in [1.82, 2.24) is 5.32 Å². The molecular weight excluding hydrogens is 322 g/mol. The first-order valence-corrected chi connectivity index (χ1v) is 8.91. The highest BCUT2D eigenvalue weighted by atomic mass is 32.2. The Balaban J connectivity index is 2.13. The van der Waals surface area contributed by atoms with Gasteiger partial charge in [-0.15, -0.1) is 11.3 Å². The van der Waals surface area contributed by atoms with Gasteiger partial charge in [0.05, 0.1) is 4.90 Å². The van der Waals surface area contributed by atoms with Gasteiger partial charge in [-0.05, 0) is 37.1 Å². The zero-order chi connectivity index (χ0) is 15.6. The van der Waals surface area contributed by atoms with Crippen molar-refractivity contribution in [1.29, 1.82) is 0 Å². The molecule has 9 heteroatoms. The summed E-state index contributed by atoms with van der Waals surface area (Å²) in [4.78, 5) is 11.3. The van der Waals surface area contributed by atoms with Crippen molar-refractivity contribution in [3.63, 3.8) is 0 Å². The van der Waals surface area contributed by atoms with E-state index in [0.717, 1.165) is 30.2 Å². The zero-order valence-electron chi connectivity index (χ0n) is 11.1. The van der Waals surface area contributed by atoms with Gasteiger partial charge in [0.1, 0.15) is 4.88 Å². The number of carbonyl (C=O) groups excluding carboxylic acids is 1. The molecular formula is C12H16F2N2O3S2. The van der Waals surface area contributed by atoms with E-state index >= 15 is 0 Å². The van der Waals surface area contributed by atoms with Gasteiger partial charge in [-0.2, -0.15) is 8.78 Å². The fourth-order valence-electron chi connectivity index (χ4n) is 2.30. The summed E-state index contributed by atoms with van der Waals surface area (Å²) < 4.78 is 48.2. The summed E-state index contributed by atoms with van der Waals surface area (Å²) >= 11 is 0.842. The van der Waals surface area contributed by atoms with Gasteiger partial charge in [0, 0.05) is 12.1 Å².